The van der Waals surface area contributed by atoms with Gasteiger partial charge >= 0.3 is 0 Å². The number of nitrogens with one attached hydrogen (secondary N) is 2. The van der Waals surface area contributed by atoms with Gasteiger partial charge in [-0.05, 0) is 32.0 Å². The van der Waals surface area contributed by atoms with E-state index in [0.29, 0.717) is 22.9 Å². The third kappa shape index (κ3) is 4.32. The minimum atomic E-state index is -3.38. The Kier molecular flexibility index (Phi) is 4.51. The molecule has 0 saturated carbocycles. The third-order valence-corrected chi connectivity index (χ3v) is 3.51. The molecule has 2 N–H and O–H groups in total. The molecule has 1 aromatic carbocycles. The van der Waals surface area contributed by atoms with Crippen LogP contribution in [0.1, 0.15) is 27.7 Å². The summed E-state index contributed by atoms with van der Waals surface area (Å²) in [4.78, 5) is 16.2. The quantitative estimate of drug-likeness (QED) is 0.870. The van der Waals surface area contributed by atoms with E-state index in [4.69, 9.17) is 4.42 Å². The van der Waals surface area contributed by atoms with Gasteiger partial charge in [-0.2, -0.15) is 0 Å². The SMILES string of the molecule is Cc1nc(CNC(=O)c2cccc(NS(C)(=O)=O)c2)oc1C. The van der Waals surface area contributed by atoms with Crippen molar-refractivity contribution in [3.05, 3.63) is 47.2 Å². The zero-order valence-electron chi connectivity index (χ0n) is 12.5. The first-order valence-corrected chi connectivity index (χ1v) is 8.43. The molecule has 0 aliphatic carbocycles. The van der Waals surface area contributed by atoms with Crippen LogP contribution < -0.4 is 10.0 Å². The van der Waals surface area contributed by atoms with Gasteiger partial charge in [-0.25, -0.2) is 13.4 Å². The van der Waals surface area contributed by atoms with E-state index in [1.165, 1.54) is 6.07 Å². The lowest BCUT2D eigenvalue weighted by atomic mass is 10.2. The molecule has 22 heavy (non-hydrogen) atoms. The average Bonchev–Trinajstić information content (AvgIpc) is 2.73. The predicted molar refractivity (Wildman–Crippen MR) is 82.1 cm³/mol. The van der Waals surface area contributed by atoms with Crippen LogP contribution in [0.3, 0.4) is 0 Å². The van der Waals surface area contributed by atoms with Crippen molar-refractivity contribution in [2.45, 2.75) is 20.4 Å². The van der Waals surface area contributed by atoms with Crippen LogP contribution in [0, 0.1) is 13.8 Å². The van der Waals surface area contributed by atoms with E-state index in [0.717, 1.165) is 11.9 Å². The van der Waals surface area contributed by atoms with Gasteiger partial charge < -0.3 is 9.73 Å². The molecule has 8 heteroatoms. The number of nitrogens with zero attached hydrogens (tertiary/aromatic N) is 1. The van der Waals surface area contributed by atoms with Gasteiger partial charge in [-0.3, -0.25) is 9.52 Å². The lowest BCUT2D eigenvalue weighted by Crippen LogP contribution is -2.23. The summed E-state index contributed by atoms with van der Waals surface area (Å²) in [5.41, 5.74) is 1.45. The van der Waals surface area contributed by atoms with Gasteiger partial charge in [0.25, 0.3) is 5.91 Å². The van der Waals surface area contributed by atoms with Gasteiger partial charge in [0, 0.05) is 11.3 Å². The summed E-state index contributed by atoms with van der Waals surface area (Å²) in [7, 11) is -3.38. The van der Waals surface area contributed by atoms with E-state index in [-0.39, 0.29) is 12.5 Å². The zero-order valence-corrected chi connectivity index (χ0v) is 13.3. The first-order valence-electron chi connectivity index (χ1n) is 6.53. The molecule has 1 aromatic heterocycles. The number of aromatic nitrogens is 1. The van der Waals surface area contributed by atoms with E-state index >= 15 is 0 Å². The monoisotopic (exact) mass is 323 g/mol. The van der Waals surface area contributed by atoms with Crippen LogP contribution >= 0.6 is 0 Å². The standard InChI is InChI=1S/C14H17N3O4S/c1-9-10(2)21-13(16-9)8-15-14(18)11-5-4-6-12(7-11)17-22(3,19)20/h4-7,17H,8H2,1-3H3,(H,15,18). The Morgan fingerprint density at radius 2 is 2.05 bits per heavy atom. The van der Waals surface area contributed by atoms with Crippen LogP contribution in [-0.2, 0) is 16.6 Å². The molecule has 2 rings (SSSR count). The number of hydrogen-bond donors (Lipinski definition) is 2. The molecule has 0 unspecified atom stereocenters. The number of oxazole rings is 1. The van der Waals surface area contributed by atoms with Crippen molar-refractivity contribution in [3.63, 3.8) is 0 Å². The minimum Gasteiger partial charge on any atom is -0.444 e. The van der Waals surface area contributed by atoms with Crippen molar-refractivity contribution in [2.24, 2.45) is 0 Å². The lowest BCUT2D eigenvalue weighted by molar-refractivity contribution is 0.0947. The fourth-order valence-corrected chi connectivity index (χ4v) is 2.37. The van der Waals surface area contributed by atoms with Gasteiger partial charge in [0.05, 0.1) is 18.5 Å². The molecule has 0 radical (unpaired) electrons. The summed E-state index contributed by atoms with van der Waals surface area (Å²) in [6.45, 7) is 3.79. The summed E-state index contributed by atoms with van der Waals surface area (Å²) < 4.78 is 30.1. The van der Waals surface area contributed by atoms with E-state index < -0.39 is 10.0 Å². The molecule has 0 bridgehead atoms. The molecule has 118 valence electrons. The van der Waals surface area contributed by atoms with Gasteiger partial charge in [0.1, 0.15) is 5.76 Å². The summed E-state index contributed by atoms with van der Waals surface area (Å²) in [6.07, 6.45) is 1.05. The highest BCUT2D eigenvalue weighted by atomic mass is 32.2. The third-order valence-electron chi connectivity index (χ3n) is 2.90. The second kappa shape index (κ2) is 6.18. The molecule has 0 spiro atoms. The van der Waals surface area contributed by atoms with Gasteiger partial charge in [-0.15, -0.1) is 0 Å². The largest absolute Gasteiger partial charge is 0.444 e. The number of amides is 1. The molecular formula is C14H17N3O4S. The van der Waals surface area contributed by atoms with Crippen LogP contribution in [0.4, 0.5) is 5.69 Å². The van der Waals surface area contributed by atoms with Gasteiger partial charge in [0.2, 0.25) is 15.9 Å². The van der Waals surface area contributed by atoms with Crippen molar-refractivity contribution in [2.75, 3.05) is 11.0 Å². The van der Waals surface area contributed by atoms with Crippen LogP contribution in [0.5, 0.6) is 0 Å². The summed E-state index contributed by atoms with van der Waals surface area (Å²) >= 11 is 0. The highest BCUT2D eigenvalue weighted by Gasteiger charge is 2.10. The first-order chi connectivity index (χ1) is 10.2. The fraction of sp³-hybridized carbons (Fsp3) is 0.286. The molecule has 0 saturated heterocycles. The Morgan fingerprint density at radius 3 is 2.64 bits per heavy atom. The van der Waals surface area contributed by atoms with Crippen LogP contribution in [0.2, 0.25) is 0 Å². The zero-order chi connectivity index (χ0) is 16.3. The molecule has 7 nitrogen and oxygen atoms in total. The molecule has 1 amide bonds. The van der Waals surface area contributed by atoms with Crippen LogP contribution in [0.25, 0.3) is 0 Å². The minimum absolute atomic E-state index is 0.164. The summed E-state index contributed by atoms with van der Waals surface area (Å²) in [5, 5.41) is 2.67. The number of sulfonamides is 1. The Morgan fingerprint density at radius 1 is 1.32 bits per heavy atom. The normalized spacial score (nSPS) is 11.2. The fourth-order valence-electron chi connectivity index (χ4n) is 1.81. The Balaban J connectivity index is 2.04. The highest BCUT2D eigenvalue weighted by molar-refractivity contribution is 7.92. The predicted octanol–water partition coefficient (Wildman–Crippen LogP) is 1.59. The second-order valence-corrected chi connectivity index (χ2v) is 6.64. The summed E-state index contributed by atoms with van der Waals surface area (Å²) in [5.74, 6) is 0.794. The number of anilines is 1. The topological polar surface area (TPSA) is 101 Å². The van der Waals surface area contributed by atoms with Gasteiger partial charge in [-0.1, -0.05) is 6.07 Å². The van der Waals surface area contributed by atoms with E-state index in [1.54, 1.807) is 25.1 Å². The number of benzene rings is 1. The maximum Gasteiger partial charge on any atom is 0.251 e. The Labute approximate surface area is 128 Å². The Hall–Kier alpha value is -2.35. The Bertz CT molecular complexity index is 777. The molecule has 1 heterocycles. The summed E-state index contributed by atoms with van der Waals surface area (Å²) in [6, 6.07) is 6.22. The number of hydrogen-bond acceptors (Lipinski definition) is 5. The van der Waals surface area contributed by atoms with Crippen LogP contribution in [0.15, 0.2) is 28.7 Å². The first kappa shape index (κ1) is 16.0. The van der Waals surface area contributed by atoms with Crippen molar-refractivity contribution in [1.82, 2.24) is 10.3 Å². The van der Waals surface area contributed by atoms with Crippen molar-refractivity contribution in [1.29, 1.82) is 0 Å². The van der Waals surface area contributed by atoms with Gasteiger partial charge in [0.15, 0.2) is 0 Å². The van der Waals surface area contributed by atoms with Crippen molar-refractivity contribution >= 4 is 21.6 Å². The number of rotatable bonds is 5. The number of aryl methyl sites for hydroxylation is 2. The maximum absolute atomic E-state index is 12.1. The van der Waals surface area contributed by atoms with Crippen LogP contribution in [-0.4, -0.2) is 25.6 Å². The number of carbonyl (C=O) groups is 1. The van der Waals surface area contributed by atoms with Crippen molar-refractivity contribution in [3.8, 4) is 0 Å². The molecule has 0 atom stereocenters. The average molecular weight is 323 g/mol. The molecular weight excluding hydrogens is 306 g/mol. The van der Waals surface area contributed by atoms with Crippen molar-refractivity contribution < 1.29 is 17.6 Å². The molecule has 0 fully saturated rings. The smallest absolute Gasteiger partial charge is 0.251 e. The molecule has 0 aliphatic rings. The number of carbonyl (C=O) groups excluding carboxylic acids is 1. The highest BCUT2D eigenvalue weighted by Crippen LogP contribution is 2.12. The van der Waals surface area contributed by atoms with E-state index in [9.17, 15) is 13.2 Å². The maximum atomic E-state index is 12.1. The van der Waals surface area contributed by atoms with E-state index in [2.05, 4.69) is 15.0 Å². The second-order valence-electron chi connectivity index (χ2n) is 4.89. The lowest BCUT2D eigenvalue weighted by Gasteiger charge is -2.07. The molecule has 0 aliphatic heterocycles. The molecule has 2 aromatic rings. The van der Waals surface area contributed by atoms with E-state index in [1.807, 2.05) is 6.92 Å².